The quantitative estimate of drug-likeness (QED) is 0.814. The first-order valence-corrected chi connectivity index (χ1v) is 7.86. The van der Waals surface area contributed by atoms with Gasteiger partial charge in [-0.05, 0) is 42.4 Å². The number of benzene rings is 2. The Kier molecular flexibility index (Phi) is 6.19. The number of aliphatic hydroxyl groups excluding tert-OH is 1. The molecule has 0 saturated carbocycles. The van der Waals surface area contributed by atoms with Crippen LogP contribution in [0.15, 0.2) is 48.5 Å². The second-order valence-corrected chi connectivity index (χ2v) is 5.77. The first-order valence-electron chi connectivity index (χ1n) is 7.07. The standard InChI is InChI=1S/C17H19ClN2OS/c1-13-15(18)8-5-9-16(13)19-17(22)20(10-11-21)12-14-6-3-2-4-7-14/h2-9,21H,10-12H2,1H3,(H,19,22). The van der Waals surface area contributed by atoms with Gasteiger partial charge in [-0.2, -0.15) is 0 Å². The number of nitrogens with zero attached hydrogens (tertiary/aromatic N) is 1. The second-order valence-electron chi connectivity index (χ2n) is 4.97. The topological polar surface area (TPSA) is 35.5 Å². The van der Waals surface area contributed by atoms with E-state index >= 15 is 0 Å². The molecule has 0 aliphatic rings. The van der Waals surface area contributed by atoms with Gasteiger partial charge >= 0.3 is 0 Å². The fraction of sp³-hybridized carbons (Fsp3) is 0.235. The minimum atomic E-state index is 0.0448. The summed E-state index contributed by atoms with van der Waals surface area (Å²) in [4.78, 5) is 1.94. The molecule has 22 heavy (non-hydrogen) atoms. The molecule has 3 nitrogen and oxygen atoms in total. The van der Waals surface area contributed by atoms with Crippen molar-refractivity contribution in [2.75, 3.05) is 18.5 Å². The van der Waals surface area contributed by atoms with Crippen LogP contribution in [-0.4, -0.2) is 28.3 Å². The van der Waals surface area contributed by atoms with Crippen molar-refractivity contribution in [3.05, 3.63) is 64.7 Å². The van der Waals surface area contributed by atoms with Gasteiger partial charge in [0.05, 0.1) is 6.61 Å². The van der Waals surface area contributed by atoms with E-state index in [1.54, 1.807) is 0 Å². The number of hydrogen-bond acceptors (Lipinski definition) is 2. The molecule has 0 amide bonds. The maximum absolute atomic E-state index is 9.28. The lowest BCUT2D eigenvalue weighted by atomic mass is 10.2. The van der Waals surface area contributed by atoms with E-state index in [0.717, 1.165) is 16.8 Å². The summed E-state index contributed by atoms with van der Waals surface area (Å²) in [5.41, 5.74) is 2.98. The zero-order chi connectivity index (χ0) is 15.9. The molecule has 0 radical (unpaired) electrons. The van der Waals surface area contributed by atoms with Crippen LogP contribution in [0, 0.1) is 6.92 Å². The van der Waals surface area contributed by atoms with Crippen molar-refractivity contribution < 1.29 is 5.11 Å². The number of nitrogens with one attached hydrogen (secondary N) is 1. The minimum Gasteiger partial charge on any atom is -0.395 e. The Bertz CT molecular complexity index is 634. The van der Waals surface area contributed by atoms with Gasteiger partial charge in [0.2, 0.25) is 0 Å². The molecular formula is C17H19ClN2OS. The van der Waals surface area contributed by atoms with E-state index in [-0.39, 0.29) is 6.61 Å². The highest BCUT2D eigenvalue weighted by atomic mass is 35.5. The van der Waals surface area contributed by atoms with Crippen LogP contribution < -0.4 is 5.32 Å². The molecule has 0 fully saturated rings. The van der Waals surface area contributed by atoms with Gasteiger partial charge in [0, 0.05) is 23.8 Å². The molecule has 0 heterocycles. The minimum absolute atomic E-state index is 0.0448. The SMILES string of the molecule is Cc1c(Cl)cccc1NC(=S)N(CCO)Cc1ccccc1. The second kappa shape index (κ2) is 8.13. The van der Waals surface area contributed by atoms with Gasteiger partial charge in [0.1, 0.15) is 0 Å². The third-order valence-corrected chi connectivity index (χ3v) is 4.15. The summed E-state index contributed by atoms with van der Waals surface area (Å²) >= 11 is 11.6. The van der Waals surface area contributed by atoms with Crippen molar-refractivity contribution in [2.45, 2.75) is 13.5 Å². The molecule has 0 saturated heterocycles. The van der Waals surface area contributed by atoms with Gasteiger partial charge < -0.3 is 15.3 Å². The lowest BCUT2D eigenvalue weighted by Gasteiger charge is -2.26. The molecule has 0 atom stereocenters. The number of aliphatic hydroxyl groups is 1. The summed E-state index contributed by atoms with van der Waals surface area (Å²) in [6, 6.07) is 15.7. The van der Waals surface area contributed by atoms with E-state index in [9.17, 15) is 5.11 Å². The number of thiocarbonyl (C=S) groups is 1. The zero-order valence-electron chi connectivity index (χ0n) is 12.4. The van der Waals surface area contributed by atoms with Crippen molar-refractivity contribution in [2.24, 2.45) is 0 Å². The molecule has 5 heteroatoms. The highest BCUT2D eigenvalue weighted by Crippen LogP contribution is 2.23. The predicted octanol–water partition coefficient (Wildman–Crippen LogP) is 3.84. The lowest BCUT2D eigenvalue weighted by Crippen LogP contribution is -2.36. The van der Waals surface area contributed by atoms with E-state index in [2.05, 4.69) is 5.32 Å². The Balaban J connectivity index is 2.11. The maximum Gasteiger partial charge on any atom is 0.173 e. The first-order chi connectivity index (χ1) is 10.6. The molecule has 0 bridgehead atoms. The Morgan fingerprint density at radius 2 is 1.91 bits per heavy atom. The zero-order valence-corrected chi connectivity index (χ0v) is 14.0. The van der Waals surface area contributed by atoms with Crippen molar-refractivity contribution in [3.63, 3.8) is 0 Å². The molecule has 0 aromatic heterocycles. The Labute approximate surface area is 141 Å². The summed E-state index contributed by atoms with van der Waals surface area (Å²) in [5.74, 6) is 0. The molecular weight excluding hydrogens is 316 g/mol. The van der Waals surface area contributed by atoms with Crippen LogP contribution in [0.1, 0.15) is 11.1 Å². The van der Waals surface area contributed by atoms with Gasteiger partial charge in [-0.25, -0.2) is 0 Å². The van der Waals surface area contributed by atoms with Crippen molar-refractivity contribution in [3.8, 4) is 0 Å². The lowest BCUT2D eigenvalue weighted by molar-refractivity contribution is 0.248. The molecule has 0 aliphatic carbocycles. The predicted molar refractivity (Wildman–Crippen MR) is 96.3 cm³/mol. The Morgan fingerprint density at radius 1 is 1.18 bits per heavy atom. The molecule has 2 aromatic rings. The monoisotopic (exact) mass is 334 g/mol. The van der Waals surface area contributed by atoms with Gasteiger partial charge in [-0.15, -0.1) is 0 Å². The number of rotatable bonds is 5. The third kappa shape index (κ3) is 4.44. The molecule has 0 aliphatic heterocycles. The van der Waals surface area contributed by atoms with Crippen LogP contribution in [0.3, 0.4) is 0 Å². The normalized spacial score (nSPS) is 10.3. The van der Waals surface area contributed by atoms with E-state index in [0.29, 0.717) is 23.2 Å². The number of halogens is 1. The van der Waals surface area contributed by atoms with Crippen molar-refractivity contribution in [1.82, 2.24) is 4.90 Å². The largest absolute Gasteiger partial charge is 0.395 e. The van der Waals surface area contributed by atoms with E-state index < -0.39 is 0 Å². The molecule has 2 N–H and O–H groups in total. The van der Waals surface area contributed by atoms with Crippen molar-refractivity contribution in [1.29, 1.82) is 0 Å². The molecule has 0 spiro atoms. The maximum atomic E-state index is 9.28. The average Bonchev–Trinajstić information content (AvgIpc) is 2.52. The van der Waals surface area contributed by atoms with Gasteiger partial charge in [0.15, 0.2) is 5.11 Å². The van der Waals surface area contributed by atoms with E-state index in [1.807, 2.05) is 60.4 Å². The van der Waals surface area contributed by atoms with Crippen LogP contribution in [0.4, 0.5) is 5.69 Å². The molecule has 2 aromatic carbocycles. The van der Waals surface area contributed by atoms with Gasteiger partial charge in [-0.3, -0.25) is 0 Å². The summed E-state index contributed by atoms with van der Waals surface area (Å²) < 4.78 is 0. The van der Waals surface area contributed by atoms with Gasteiger partial charge in [-0.1, -0.05) is 48.0 Å². The summed E-state index contributed by atoms with van der Waals surface area (Å²) in [7, 11) is 0. The van der Waals surface area contributed by atoms with Crippen LogP contribution in [0.25, 0.3) is 0 Å². The Hall–Kier alpha value is -1.62. The van der Waals surface area contributed by atoms with Crippen LogP contribution in [-0.2, 0) is 6.54 Å². The van der Waals surface area contributed by atoms with E-state index in [1.165, 1.54) is 0 Å². The number of anilines is 1. The van der Waals surface area contributed by atoms with Crippen LogP contribution in [0.5, 0.6) is 0 Å². The van der Waals surface area contributed by atoms with Crippen molar-refractivity contribution >= 4 is 34.6 Å². The molecule has 2 rings (SSSR count). The smallest absolute Gasteiger partial charge is 0.173 e. The third-order valence-electron chi connectivity index (χ3n) is 3.38. The number of hydrogen-bond donors (Lipinski definition) is 2. The summed E-state index contributed by atoms with van der Waals surface area (Å²) in [6.07, 6.45) is 0. The fourth-order valence-corrected chi connectivity index (χ4v) is 2.55. The highest BCUT2D eigenvalue weighted by molar-refractivity contribution is 7.80. The Morgan fingerprint density at radius 3 is 2.59 bits per heavy atom. The van der Waals surface area contributed by atoms with Crippen LogP contribution in [0.2, 0.25) is 5.02 Å². The summed E-state index contributed by atoms with van der Waals surface area (Å²) in [6.45, 7) is 3.11. The average molecular weight is 335 g/mol. The summed E-state index contributed by atoms with van der Waals surface area (Å²) in [5, 5.41) is 13.8. The highest BCUT2D eigenvalue weighted by Gasteiger charge is 2.11. The van der Waals surface area contributed by atoms with Crippen LogP contribution >= 0.6 is 23.8 Å². The van der Waals surface area contributed by atoms with Gasteiger partial charge in [0.25, 0.3) is 0 Å². The molecule has 116 valence electrons. The first kappa shape index (κ1) is 16.7. The fourth-order valence-electron chi connectivity index (χ4n) is 2.11. The van der Waals surface area contributed by atoms with E-state index in [4.69, 9.17) is 23.8 Å². The molecule has 0 unspecified atom stereocenters.